The number of nitrogens with zero attached hydrogens (tertiary/aromatic N) is 3. The van der Waals surface area contributed by atoms with Crippen LogP contribution in [0.2, 0.25) is 10.0 Å². The van der Waals surface area contributed by atoms with Gasteiger partial charge in [0.1, 0.15) is 22.9 Å². The molecule has 1 unspecified atom stereocenters. The molecule has 0 saturated heterocycles. The fraction of sp³-hybridized carbons (Fsp3) is 0.300. The Morgan fingerprint density at radius 3 is 2.34 bits per heavy atom. The Balaban J connectivity index is 1.59. The molecule has 1 heterocycles. The first-order valence-electron chi connectivity index (χ1n) is 13.1. The maximum Gasteiger partial charge on any atom is 0.292 e. The van der Waals surface area contributed by atoms with E-state index in [-0.39, 0.29) is 16.5 Å². The van der Waals surface area contributed by atoms with Gasteiger partial charge in [-0.25, -0.2) is 0 Å². The largest absolute Gasteiger partial charge is 0.497 e. The molecule has 5 rings (SSSR count). The number of nitro benzene ring substituents is 1. The second-order valence-electron chi connectivity index (χ2n) is 9.89. The molecule has 3 aromatic carbocycles. The summed E-state index contributed by atoms with van der Waals surface area (Å²) >= 11 is 13.6. The number of benzene rings is 3. The Bertz CT molecular complexity index is 1580. The number of aryl methyl sites for hydroxylation is 1. The normalized spacial score (nSPS) is 14.3. The summed E-state index contributed by atoms with van der Waals surface area (Å²) < 4.78 is 18.3. The lowest BCUT2D eigenvalue weighted by Crippen LogP contribution is -2.18. The average molecular weight is 597 g/mol. The van der Waals surface area contributed by atoms with Crippen molar-refractivity contribution in [1.82, 2.24) is 9.78 Å². The van der Waals surface area contributed by atoms with Gasteiger partial charge >= 0.3 is 0 Å². The lowest BCUT2D eigenvalue weighted by Gasteiger charge is -2.27. The number of ether oxygens (including phenoxy) is 3. The summed E-state index contributed by atoms with van der Waals surface area (Å²) in [4.78, 5) is 11.4. The maximum absolute atomic E-state index is 11.8. The molecule has 0 aliphatic heterocycles. The highest BCUT2D eigenvalue weighted by atomic mass is 35.5. The zero-order valence-corrected chi connectivity index (χ0v) is 24.7. The maximum atomic E-state index is 11.8. The zero-order chi connectivity index (χ0) is 29.3. The Morgan fingerprint density at radius 2 is 1.73 bits per heavy atom. The highest BCUT2D eigenvalue weighted by Gasteiger charge is 2.32. The number of aromatic nitrogens is 2. The molecular weight excluding hydrogens is 567 g/mol. The zero-order valence-electron chi connectivity index (χ0n) is 23.2. The van der Waals surface area contributed by atoms with Gasteiger partial charge in [0, 0.05) is 29.0 Å². The van der Waals surface area contributed by atoms with Gasteiger partial charge < -0.3 is 19.5 Å². The number of rotatable bonds is 9. The van der Waals surface area contributed by atoms with Crippen LogP contribution in [-0.4, -0.2) is 36.0 Å². The van der Waals surface area contributed by atoms with Crippen LogP contribution in [0.25, 0.3) is 0 Å². The summed E-state index contributed by atoms with van der Waals surface area (Å²) in [6.45, 7) is 2.34. The molecule has 4 aromatic rings. The number of nitrogens with one attached hydrogen (secondary N) is 1. The molecule has 1 aliphatic carbocycles. The molecular formula is C30H30Cl2N4O5. The summed E-state index contributed by atoms with van der Waals surface area (Å²) in [6, 6.07) is 14.5. The first-order chi connectivity index (χ1) is 19.7. The van der Waals surface area contributed by atoms with Crippen LogP contribution in [0.15, 0.2) is 48.5 Å². The minimum absolute atomic E-state index is 0.000760. The van der Waals surface area contributed by atoms with Gasteiger partial charge in [-0.05, 0) is 55.4 Å². The van der Waals surface area contributed by atoms with E-state index in [1.165, 1.54) is 6.07 Å². The number of methoxy groups -OCH3 is 3. The minimum atomic E-state index is -0.383. The van der Waals surface area contributed by atoms with Gasteiger partial charge in [-0.2, -0.15) is 5.10 Å². The number of hydrogen-bond donors (Lipinski definition) is 1. The smallest absolute Gasteiger partial charge is 0.292 e. The monoisotopic (exact) mass is 596 g/mol. The summed E-state index contributed by atoms with van der Waals surface area (Å²) in [6.07, 6.45) is 2.00. The molecule has 0 saturated carbocycles. The molecule has 0 radical (unpaired) electrons. The summed E-state index contributed by atoms with van der Waals surface area (Å²) in [7, 11) is 4.75. The second-order valence-corrected chi connectivity index (χ2v) is 10.6. The SMILES string of the molecule is COc1ccc(Cn2nc(Nc3c(C)cccc3[N+](=O)[O-])c3c2CC(c2c(Cl)c(OC)cc(OC)c2Cl)CC3)cc1. The van der Waals surface area contributed by atoms with Gasteiger partial charge in [-0.3, -0.25) is 14.8 Å². The first kappa shape index (κ1) is 28.6. The van der Waals surface area contributed by atoms with Crippen molar-refractivity contribution in [2.75, 3.05) is 26.6 Å². The van der Waals surface area contributed by atoms with Crippen molar-refractivity contribution in [3.05, 3.63) is 96.6 Å². The Kier molecular flexibility index (Phi) is 8.28. The average Bonchev–Trinajstić information content (AvgIpc) is 3.30. The molecule has 0 spiro atoms. The predicted molar refractivity (Wildman–Crippen MR) is 160 cm³/mol. The molecule has 41 heavy (non-hydrogen) atoms. The molecule has 11 heteroatoms. The van der Waals surface area contributed by atoms with Gasteiger partial charge in [0.15, 0.2) is 5.82 Å². The molecule has 1 aliphatic rings. The molecule has 1 N–H and O–H groups in total. The van der Waals surface area contributed by atoms with E-state index in [0.29, 0.717) is 52.4 Å². The van der Waals surface area contributed by atoms with Crippen LogP contribution in [0.4, 0.5) is 17.2 Å². The van der Waals surface area contributed by atoms with Crippen LogP contribution < -0.4 is 19.5 Å². The van der Waals surface area contributed by atoms with Crippen molar-refractivity contribution >= 4 is 40.4 Å². The van der Waals surface area contributed by atoms with Crippen molar-refractivity contribution in [3.63, 3.8) is 0 Å². The van der Waals surface area contributed by atoms with Crippen LogP contribution in [-0.2, 0) is 19.4 Å². The Labute approximate surface area is 248 Å². The summed E-state index contributed by atoms with van der Waals surface area (Å²) in [5, 5.41) is 21.0. The number of para-hydroxylation sites is 1. The van der Waals surface area contributed by atoms with E-state index in [1.807, 2.05) is 41.9 Å². The van der Waals surface area contributed by atoms with E-state index in [1.54, 1.807) is 33.5 Å². The van der Waals surface area contributed by atoms with Gasteiger partial charge in [-0.15, -0.1) is 0 Å². The molecule has 0 bridgehead atoms. The van der Waals surface area contributed by atoms with Crippen molar-refractivity contribution in [3.8, 4) is 17.2 Å². The molecule has 1 atom stereocenters. The van der Waals surface area contributed by atoms with E-state index >= 15 is 0 Å². The van der Waals surface area contributed by atoms with Crippen LogP contribution in [0.1, 0.15) is 40.3 Å². The minimum Gasteiger partial charge on any atom is -0.497 e. The van der Waals surface area contributed by atoms with Crippen LogP contribution in [0, 0.1) is 17.0 Å². The molecule has 214 valence electrons. The summed E-state index contributed by atoms with van der Waals surface area (Å²) in [5.74, 6) is 2.33. The molecule has 0 fully saturated rings. The van der Waals surface area contributed by atoms with E-state index in [0.717, 1.165) is 40.1 Å². The van der Waals surface area contributed by atoms with Crippen LogP contribution in [0.3, 0.4) is 0 Å². The van der Waals surface area contributed by atoms with Crippen molar-refractivity contribution in [2.24, 2.45) is 0 Å². The molecule has 9 nitrogen and oxygen atoms in total. The van der Waals surface area contributed by atoms with E-state index in [4.69, 9.17) is 42.5 Å². The van der Waals surface area contributed by atoms with E-state index in [9.17, 15) is 10.1 Å². The standard InChI is InChI=1S/C30H30Cl2N4O5/c1-17-6-5-7-22(36(37)38)29(17)33-30-21-13-10-19(26-27(31)24(40-3)15-25(41-4)28(26)32)14-23(21)35(34-30)16-18-8-11-20(39-2)12-9-18/h5-9,11-12,15,19H,10,13-14,16H2,1-4H3,(H,33,34). The quantitative estimate of drug-likeness (QED) is 0.158. The van der Waals surface area contributed by atoms with Gasteiger partial charge in [-0.1, -0.05) is 47.5 Å². The third kappa shape index (κ3) is 5.52. The van der Waals surface area contributed by atoms with Crippen molar-refractivity contribution < 1.29 is 19.1 Å². The fourth-order valence-electron chi connectivity index (χ4n) is 5.41. The number of halogens is 2. The number of nitro groups is 1. The molecule has 0 amide bonds. The number of hydrogen-bond acceptors (Lipinski definition) is 7. The van der Waals surface area contributed by atoms with Gasteiger partial charge in [0.25, 0.3) is 5.69 Å². The second kappa shape index (κ2) is 11.9. The highest BCUT2D eigenvalue weighted by molar-refractivity contribution is 6.38. The fourth-order valence-corrected chi connectivity index (χ4v) is 6.22. The lowest BCUT2D eigenvalue weighted by molar-refractivity contribution is -0.384. The van der Waals surface area contributed by atoms with E-state index < -0.39 is 0 Å². The van der Waals surface area contributed by atoms with Gasteiger partial charge in [0.05, 0.1) is 42.8 Å². The summed E-state index contributed by atoms with van der Waals surface area (Å²) in [5.41, 5.74) is 5.01. The predicted octanol–water partition coefficient (Wildman–Crippen LogP) is 7.50. The van der Waals surface area contributed by atoms with Crippen molar-refractivity contribution in [1.29, 1.82) is 0 Å². The van der Waals surface area contributed by atoms with Crippen LogP contribution in [0.5, 0.6) is 17.2 Å². The first-order valence-corrected chi connectivity index (χ1v) is 13.8. The lowest BCUT2D eigenvalue weighted by atomic mass is 9.82. The highest BCUT2D eigenvalue weighted by Crippen LogP contribution is 2.48. The Hall–Kier alpha value is -3.95. The third-order valence-electron chi connectivity index (χ3n) is 7.55. The Morgan fingerprint density at radius 1 is 1.05 bits per heavy atom. The van der Waals surface area contributed by atoms with Crippen LogP contribution >= 0.6 is 23.2 Å². The van der Waals surface area contributed by atoms with Crippen molar-refractivity contribution in [2.45, 2.75) is 38.6 Å². The number of fused-ring (bicyclic) bond motifs is 1. The van der Waals surface area contributed by atoms with E-state index in [2.05, 4.69) is 5.32 Å². The topological polar surface area (TPSA) is 101 Å². The number of anilines is 2. The third-order valence-corrected chi connectivity index (χ3v) is 8.33. The molecule has 1 aromatic heterocycles. The van der Waals surface area contributed by atoms with Gasteiger partial charge in [0.2, 0.25) is 0 Å².